The molecule has 9 heteroatoms. The lowest BCUT2D eigenvalue weighted by Gasteiger charge is -2.26. The normalized spacial score (nSPS) is 14.9. The Morgan fingerprint density at radius 3 is 2.50 bits per heavy atom. The number of amides is 1. The summed E-state index contributed by atoms with van der Waals surface area (Å²) < 4.78 is 43.6. The fourth-order valence-corrected chi connectivity index (χ4v) is 4.89. The number of rotatable bonds is 8. The number of sulfonamides is 1. The molecule has 1 aliphatic heterocycles. The molecule has 1 N–H and O–H groups in total. The average molecular weight is 463 g/mol. The van der Waals surface area contributed by atoms with Gasteiger partial charge in [0.2, 0.25) is 10.0 Å². The summed E-state index contributed by atoms with van der Waals surface area (Å²) in [6, 6.07) is 10.3. The number of nitrogens with one attached hydrogen (secondary N) is 1. The van der Waals surface area contributed by atoms with Crippen molar-refractivity contribution in [1.29, 1.82) is 0 Å². The molecule has 0 saturated carbocycles. The molecule has 1 fully saturated rings. The molecule has 2 aromatic carbocycles. The average Bonchev–Trinajstić information content (AvgIpc) is 2.78. The zero-order valence-electron chi connectivity index (χ0n) is 18.9. The van der Waals surface area contributed by atoms with Gasteiger partial charge in [-0.3, -0.25) is 4.79 Å². The SMILES string of the molecule is COc1ccc(S(=O)(=O)N2CCOCC2)cc1NC(=O)COc1cc(C)ccc1C(C)C. The second-order valence-electron chi connectivity index (χ2n) is 7.91. The van der Waals surface area contributed by atoms with E-state index in [2.05, 4.69) is 19.2 Å². The Morgan fingerprint density at radius 2 is 1.84 bits per heavy atom. The van der Waals surface area contributed by atoms with Crippen molar-refractivity contribution < 1.29 is 27.4 Å². The number of ether oxygens (including phenoxy) is 3. The number of aryl methyl sites for hydroxylation is 1. The molecule has 0 atom stereocenters. The molecule has 0 radical (unpaired) electrons. The first-order chi connectivity index (χ1) is 15.2. The van der Waals surface area contributed by atoms with Crippen LogP contribution in [-0.2, 0) is 19.6 Å². The van der Waals surface area contributed by atoms with Crippen molar-refractivity contribution in [2.24, 2.45) is 0 Å². The van der Waals surface area contributed by atoms with Crippen LogP contribution in [0.5, 0.6) is 11.5 Å². The summed E-state index contributed by atoms with van der Waals surface area (Å²) in [7, 11) is -2.25. The van der Waals surface area contributed by atoms with Gasteiger partial charge in [-0.15, -0.1) is 0 Å². The van der Waals surface area contributed by atoms with E-state index in [1.807, 2.05) is 25.1 Å². The van der Waals surface area contributed by atoms with Crippen molar-refractivity contribution >= 4 is 21.6 Å². The van der Waals surface area contributed by atoms with E-state index in [0.717, 1.165) is 11.1 Å². The lowest BCUT2D eigenvalue weighted by Crippen LogP contribution is -2.40. The summed E-state index contributed by atoms with van der Waals surface area (Å²) in [6.07, 6.45) is 0. The molecule has 1 saturated heterocycles. The first kappa shape index (κ1) is 24.0. The van der Waals surface area contributed by atoms with E-state index in [-0.39, 0.29) is 23.1 Å². The van der Waals surface area contributed by atoms with Gasteiger partial charge in [-0.1, -0.05) is 26.0 Å². The molecule has 174 valence electrons. The quantitative estimate of drug-likeness (QED) is 0.648. The molecule has 0 unspecified atom stereocenters. The molecule has 32 heavy (non-hydrogen) atoms. The number of morpholine rings is 1. The van der Waals surface area contributed by atoms with Crippen molar-refractivity contribution in [3.05, 3.63) is 47.5 Å². The van der Waals surface area contributed by atoms with Gasteiger partial charge in [-0.05, 0) is 48.2 Å². The minimum Gasteiger partial charge on any atom is -0.495 e. The first-order valence-electron chi connectivity index (χ1n) is 10.5. The highest BCUT2D eigenvalue weighted by Gasteiger charge is 2.27. The Hall–Kier alpha value is -2.62. The number of carbonyl (C=O) groups excluding carboxylic acids is 1. The standard InChI is InChI=1S/C23H30N2O6S/c1-16(2)19-7-5-17(3)13-22(19)31-15-23(26)24-20-14-18(6-8-21(20)29-4)32(27,28)25-9-11-30-12-10-25/h5-8,13-14,16H,9-12,15H2,1-4H3,(H,24,26). The van der Waals surface area contributed by atoms with E-state index < -0.39 is 15.9 Å². The van der Waals surface area contributed by atoms with Gasteiger partial charge in [0.15, 0.2) is 6.61 Å². The molecular weight excluding hydrogens is 432 g/mol. The minimum absolute atomic E-state index is 0.0807. The Balaban J connectivity index is 1.76. The summed E-state index contributed by atoms with van der Waals surface area (Å²) in [6.45, 7) is 7.15. The van der Waals surface area contributed by atoms with Crippen molar-refractivity contribution in [2.45, 2.75) is 31.6 Å². The van der Waals surface area contributed by atoms with Crippen LogP contribution in [0.25, 0.3) is 0 Å². The third-order valence-electron chi connectivity index (χ3n) is 5.20. The van der Waals surface area contributed by atoms with Crippen molar-refractivity contribution in [3.63, 3.8) is 0 Å². The van der Waals surface area contributed by atoms with Crippen molar-refractivity contribution in [3.8, 4) is 11.5 Å². The molecule has 0 spiro atoms. The van der Waals surface area contributed by atoms with Gasteiger partial charge < -0.3 is 19.5 Å². The van der Waals surface area contributed by atoms with E-state index in [9.17, 15) is 13.2 Å². The maximum absolute atomic E-state index is 13.0. The lowest BCUT2D eigenvalue weighted by atomic mass is 10.0. The van der Waals surface area contributed by atoms with E-state index in [1.54, 1.807) is 0 Å². The highest BCUT2D eigenvalue weighted by Crippen LogP contribution is 2.30. The molecule has 1 aliphatic rings. The molecule has 2 aromatic rings. The van der Waals surface area contributed by atoms with Crippen LogP contribution < -0.4 is 14.8 Å². The van der Waals surface area contributed by atoms with Gasteiger partial charge in [0.05, 0.1) is 30.9 Å². The zero-order valence-corrected chi connectivity index (χ0v) is 19.7. The van der Waals surface area contributed by atoms with Gasteiger partial charge in [-0.2, -0.15) is 4.31 Å². The van der Waals surface area contributed by atoms with Crippen LogP contribution in [0.3, 0.4) is 0 Å². The van der Waals surface area contributed by atoms with Gasteiger partial charge in [0, 0.05) is 13.1 Å². The Kier molecular flexibility index (Phi) is 7.76. The molecule has 3 rings (SSSR count). The molecule has 0 aliphatic carbocycles. The summed E-state index contributed by atoms with van der Waals surface area (Å²) in [5, 5.41) is 2.71. The van der Waals surface area contributed by atoms with Crippen LogP contribution in [0, 0.1) is 6.92 Å². The first-order valence-corrected chi connectivity index (χ1v) is 12.0. The zero-order chi connectivity index (χ0) is 23.3. The maximum atomic E-state index is 13.0. The number of methoxy groups -OCH3 is 1. The topological polar surface area (TPSA) is 94.2 Å². The van der Waals surface area contributed by atoms with Crippen LogP contribution in [-0.4, -0.2) is 58.7 Å². The van der Waals surface area contributed by atoms with E-state index in [4.69, 9.17) is 14.2 Å². The lowest BCUT2D eigenvalue weighted by molar-refractivity contribution is -0.118. The Morgan fingerprint density at radius 1 is 1.12 bits per heavy atom. The predicted octanol–water partition coefficient (Wildman–Crippen LogP) is 3.17. The fraction of sp³-hybridized carbons (Fsp3) is 0.435. The number of anilines is 1. The van der Waals surface area contributed by atoms with Crippen LogP contribution in [0.15, 0.2) is 41.3 Å². The van der Waals surface area contributed by atoms with Gasteiger partial charge >= 0.3 is 0 Å². The number of hydrogen-bond donors (Lipinski definition) is 1. The molecule has 0 bridgehead atoms. The third-order valence-corrected chi connectivity index (χ3v) is 7.10. The second-order valence-corrected chi connectivity index (χ2v) is 9.85. The monoisotopic (exact) mass is 462 g/mol. The van der Waals surface area contributed by atoms with Gasteiger partial charge in [0.1, 0.15) is 11.5 Å². The number of nitrogens with zero attached hydrogens (tertiary/aromatic N) is 1. The van der Waals surface area contributed by atoms with E-state index in [1.165, 1.54) is 29.6 Å². The van der Waals surface area contributed by atoms with Crippen LogP contribution in [0.2, 0.25) is 0 Å². The molecule has 1 heterocycles. The Labute approximate surface area is 189 Å². The Bertz CT molecular complexity index is 1060. The summed E-state index contributed by atoms with van der Waals surface area (Å²) in [5.41, 5.74) is 2.32. The fourth-order valence-electron chi connectivity index (χ4n) is 3.45. The molecule has 0 aromatic heterocycles. The third kappa shape index (κ3) is 5.59. The summed E-state index contributed by atoms with van der Waals surface area (Å²) in [5.74, 6) is 0.847. The summed E-state index contributed by atoms with van der Waals surface area (Å²) >= 11 is 0. The number of hydrogen-bond acceptors (Lipinski definition) is 6. The highest BCUT2D eigenvalue weighted by atomic mass is 32.2. The van der Waals surface area contributed by atoms with Crippen LogP contribution in [0.1, 0.15) is 30.9 Å². The van der Waals surface area contributed by atoms with Crippen LogP contribution >= 0.6 is 0 Å². The van der Waals surface area contributed by atoms with Gasteiger partial charge in [0.25, 0.3) is 5.91 Å². The maximum Gasteiger partial charge on any atom is 0.262 e. The van der Waals surface area contributed by atoms with E-state index >= 15 is 0 Å². The largest absolute Gasteiger partial charge is 0.495 e. The minimum atomic E-state index is -3.71. The van der Waals surface area contributed by atoms with Gasteiger partial charge in [-0.25, -0.2) is 8.42 Å². The smallest absolute Gasteiger partial charge is 0.262 e. The van der Waals surface area contributed by atoms with E-state index in [0.29, 0.717) is 37.8 Å². The van der Waals surface area contributed by atoms with Crippen molar-refractivity contribution in [1.82, 2.24) is 4.31 Å². The molecule has 1 amide bonds. The second kappa shape index (κ2) is 10.3. The molecule has 8 nitrogen and oxygen atoms in total. The highest BCUT2D eigenvalue weighted by molar-refractivity contribution is 7.89. The number of carbonyl (C=O) groups is 1. The summed E-state index contributed by atoms with van der Waals surface area (Å²) in [4.78, 5) is 12.7. The molecular formula is C23H30N2O6S. The van der Waals surface area contributed by atoms with Crippen LogP contribution in [0.4, 0.5) is 5.69 Å². The van der Waals surface area contributed by atoms with Crippen molar-refractivity contribution in [2.75, 3.05) is 45.3 Å². The predicted molar refractivity (Wildman–Crippen MR) is 122 cm³/mol. The number of benzene rings is 2.